The summed E-state index contributed by atoms with van der Waals surface area (Å²) in [5, 5.41) is 10.8. The summed E-state index contributed by atoms with van der Waals surface area (Å²) in [5.74, 6) is 0.357. The van der Waals surface area contributed by atoms with Gasteiger partial charge in [0.15, 0.2) is 0 Å². The maximum Gasteiger partial charge on any atom is 0.269 e. The standard InChI is InChI=1S/C15H18N2O3/c1-10-7-13(17(19)20)5-6-15(10)16-11-3-2-4-12(16)9-14(18)8-11/h5-7,11-12H,2-4,8-9H2,1H3. The third-order valence-electron chi connectivity index (χ3n) is 4.46. The Bertz CT molecular complexity index is 554. The third-order valence-corrected chi connectivity index (χ3v) is 4.46. The smallest absolute Gasteiger partial charge is 0.269 e. The van der Waals surface area contributed by atoms with E-state index in [0.29, 0.717) is 18.6 Å². The first-order valence-corrected chi connectivity index (χ1v) is 7.11. The normalized spacial score (nSPS) is 25.6. The molecule has 0 saturated carbocycles. The van der Waals surface area contributed by atoms with E-state index >= 15 is 0 Å². The van der Waals surface area contributed by atoms with Gasteiger partial charge in [-0.15, -0.1) is 0 Å². The van der Waals surface area contributed by atoms with E-state index in [4.69, 9.17) is 0 Å². The van der Waals surface area contributed by atoms with Crippen LogP contribution in [0, 0.1) is 17.0 Å². The molecule has 0 radical (unpaired) electrons. The minimum absolute atomic E-state index is 0.129. The molecule has 0 spiro atoms. The number of carbonyl (C=O) groups excluding carboxylic acids is 1. The van der Waals surface area contributed by atoms with Crippen LogP contribution >= 0.6 is 0 Å². The molecule has 1 aromatic rings. The van der Waals surface area contributed by atoms with Crippen molar-refractivity contribution in [3.8, 4) is 0 Å². The second-order valence-electron chi connectivity index (χ2n) is 5.82. The molecule has 2 saturated heterocycles. The molecule has 0 amide bonds. The lowest BCUT2D eigenvalue weighted by atomic mass is 9.83. The number of nitro groups is 1. The Morgan fingerprint density at radius 1 is 1.25 bits per heavy atom. The molecule has 0 aromatic heterocycles. The van der Waals surface area contributed by atoms with E-state index in [1.54, 1.807) is 12.1 Å². The number of anilines is 1. The van der Waals surface area contributed by atoms with E-state index in [0.717, 1.165) is 24.1 Å². The molecule has 2 aliphatic rings. The van der Waals surface area contributed by atoms with Crippen LogP contribution in [0.2, 0.25) is 0 Å². The van der Waals surface area contributed by atoms with E-state index in [2.05, 4.69) is 4.90 Å². The average Bonchev–Trinajstić information content (AvgIpc) is 2.38. The largest absolute Gasteiger partial charge is 0.364 e. The number of fused-ring (bicyclic) bond motifs is 2. The van der Waals surface area contributed by atoms with Gasteiger partial charge in [-0.05, 0) is 37.8 Å². The summed E-state index contributed by atoms with van der Waals surface area (Å²) >= 11 is 0. The highest BCUT2D eigenvalue weighted by Gasteiger charge is 2.38. The highest BCUT2D eigenvalue weighted by Crippen LogP contribution is 2.38. The number of nitro benzene ring substituents is 1. The maximum absolute atomic E-state index is 11.8. The number of ketones is 1. The van der Waals surface area contributed by atoms with Crippen molar-refractivity contribution in [2.75, 3.05) is 4.90 Å². The fourth-order valence-corrected chi connectivity index (χ4v) is 3.61. The van der Waals surface area contributed by atoms with Gasteiger partial charge in [-0.1, -0.05) is 0 Å². The van der Waals surface area contributed by atoms with Gasteiger partial charge < -0.3 is 4.90 Å². The molecule has 0 aliphatic carbocycles. The van der Waals surface area contributed by atoms with Crippen molar-refractivity contribution in [2.24, 2.45) is 0 Å². The molecule has 2 aliphatic heterocycles. The number of hydrogen-bond donors (Lipinski definition) is 0. The zero-order valence-corrected chi connectivity index (χ0v) is 11.5. The second kappa shape index (κ2) is 4.89. The van der Waals surface area contributed by atoms with Gasteiger partial charge in [0.25, 0.3) is 5.69 Å². The third kappa shape index (κ3) is 2.17. The van der Waals surface area contributed by atoms with Gasteiger partial charge in [-0.25, -0.2) is 0 Å². The van der Waals surface area contributed by atoms with E-state index in [9.17, 15) is 14.9 Å². The van der Waals surface area contributed by atoms with Crippen molar-refractivity contribution in [3.63, 3.8) is 0 Å². The Labute approximate surface area is 117 Å². The molecule has 5 heteroatoms. The SMILES string of the molecule is Cc1cc([N+](=O)[O-])ccc1N1C2CCCC1CC(=O)C2. The monoisotopic (exact) mass is 274 g/mol. The van der Waals surface area contributed by atoms with Crippen molar-refractivity contribution in [3.05, 3.63) is 33.9 Å². The van der Waals surface area contributed by atoms with Gasteiger partial charge in [0, 0.05) is 42.7 Å². The number of hydrogen-bond acceptors (Lipinski definition) is 4. The van der Waals surface area contributed by atoms with E-state index in [1.807, 2.05) is 13.0 Å². The summed E-state index contributed by atoms with van der Waals surface area (Å²) in [5.41, 5.74) is 2.10. The number of nitrogens with zero attached hydrogens (tertiary/aromatic N) is 2. The zero-order chi connectivity index (χ0) is 14.3. The summed E-state index contributed by atoms with van der Waals surface area (Å²) < 4.78 is 0. The predicted molar refractivity (Wildman–Crippen MR) is 76.0 cm³/mol. The summed E-state index contributed by atoms with van der Waals surface area (Å²) in [7, 11) is 0. The van der Waals surface area contributed by atoms with Gasteiger partial charge >= 0.3 is 0 Å². The van der Waals surface area contributed by atoms with Crippen molar-refractivity contribution in [1.82, 2.24) is 0 Å². The van der Waals surface area contributed by atoms with Crippen LogP contribution in [0.3, 0.4) is 0 Å². The molecule has 2 atom stereocenters. The van der Waals surface area contributed by atoms with Crippen LogP contribution in [-0.2, 0) is 4.79 Å². The molecule has 2 heterocycles. The van der Waals surface area contributed by atoms with Crippen molar-refractivity contribution in [2.45, 2.75) is 51.1 Å². The Balaban J connectivity index is 1.96. The fourth-order valence-electron chi connectivity index (χ4n) is 3.61. The van der Waals surface area contributed by atoms with Crippen LogP contribution in [-0.4, -0.2) is 22.8 Å². The number of rotatable bonds is 2. The maximum atomic E-state index is 11.8. The number of benzene rings is 1. The average molecular weight is 274 g/mol. The number of non-ortho nitro benzene ring substituents is 1. The molecule has 5 nitrogen and oxygen atoms in total. The highest BCUT2D eigenvalue weighted by atomic mass is 16.6. The lowest BCUT2D eigenvalue weighted by Crippen LogP contribution is -2.52. The van der Waals surface area contributed by atoms with Gasteiger partial charge in [-0.2, -0.15) is 0 Å². The summed E-state index contributed by atoms with van der Waals surface area (Å²) in [6.07, 6.45) is 4.49. The van der Waals surface area contributed by atoms with Crippen molar-refractivity contribution < 1.29 is 9.72 Å². The van der Waals surface area contributed by atoms with Crippen LogP contribution in [0.4, 0.5) is 11.4 Å². The highest BCUT2D eigenvalue weighted by molar-refractivity contribution is 5.83. The summed E-state index contributed by atoms with van der Waals surface area (Å²) in [4.78, 5) is 24.6. The lowest BCUT2D eigenvalue weighted by Gasteiger charge is -2.47. The lowest BCUT2D eigenvalue weighted by molar-refractivity contribution is -0.384. The minimum Gasteiger partial charge on any atom is -0.364 e. The summed E-state index contributed by atoms with van der Waals surface area (Å²) in [6, 6.07) is 5.58. The fraction of sp³-hybridized carbons (Fsp3) is 0.533. The van der Waals surface area contributed by atoms with E-state index in [-0.39, 0.29) is 22.7 Å². The molecule has 106 valence electrons. The number of carbonyl (C=O) groups is 1. The van der Waals surface area contributed by atoms with Gasteiger partial charge in [0.1, 0.15) is 5.78 Å². The van der Waals surface area contributed by atoms with E-state index < -0.39 is 0 Å². The molecule has 20 heavy (non-hydrogen) atoms. The van der Waals surface area contributed by atoms with Crippen LogP contribution in [0.1, 0.15) is 37.7 Å². The number of piperidine rings is 2. The van der Waals surface area contributed by atoms with Crippen LogP contribution in [0.15, 0.2) is 18.2 Å². The first kappa shape index (κ1) is 13.1. The molecule has 0 N–H and O–H groups in total. The Morgan fingerprint density at radius 3 is 2.45 bits per heavy atom. The second-order valence-corrected chi connectivity index (χ2v) is 5.82. The van der Waals surface area contributed by atoms with Crippen LogP contribution < -0.4 is 4.90 Å². The van der Waals surface area contributed by atoms with Gasteiger partial charge in [0.05, 0.1) is 4.92 Å². The molecule has 3 rings (SSSR count). The Morgan fingerprint density at radius 2 is 1.90 bits per heavy atom. The minimum atomic E-state index is -0.364. The molecule has 2 unspecified atom stereocenters. The molecule has 2 fully saturated rings. The molecular formula is C15H18N2O3. The summed E-state index contributed by atoms with van der Waals surface area (Å²) in [6.45, 7) is 1.91. The van der Waals surface area contributed by atoms with E-state index in [1.165, 1.54) is 6.42 Å². The first-order chi connectivity index (χ1) is 9.56. The predicted octanol–water partition coefficient (Wildman–Crippen LogP) is 2.99. The van der Waals surface area contributed by atoms with Crippen molar-refractivity contribution >= 4 is 17.2 Å². The molecule has 1 aromatic carbocycles. The Hall–Kier alpha value is -1.91. The molecule has 2 bridgehead atoms. The van der Waals surface area contributed by atoms with Gasteiger partial charge in [0.2, 0.25) is 0 Å². The zero-order valence-electron chi connectivity index (χ0n) is 11.5. The quantitative estimate of drug-likeness (QED) is 0.614. The topological polar surface area (TPSA) is 63.5 Å². The molecular weight excluding hydrogens is 256 g/mol. The van der Waals surface area contributed by atoms with Crippen LogP contribution in [0.25, 0.3) is 0 Å². The number of Topliss-reactive ketones (excluding diaryl/α,β-unsaturated/α-hetero) is 1. The van der Waals surface area contributed by atoms with Crippen LogP contribution in [0.5, 0.6) is 0 Å². The van der Waals surface area contributed by atoms with Crippen molar-refractivity contribution in [1.29, 1.82) is 0 Å². The van der Waals surface area contributed by atoms with Gasteiger partial charge in [-0.3, -0.25) is 14.9 Å². The first-order valence-electron chi connectivity index (χ1n) is 7.11. The Kier molecular flexibility index (Phi) is 3.20. The number of aryl methyl sites for hydroxylation is 1.